The zero-order valence-electron chi connectivity index (χ0n) is 14.4. The highest BCUT2D eigenvalue weighted by atomic mass is 32.2. The van der Waals surface area contributed by atoms with Crippen LogP contribution in [0.3, 0.4) is 0 Å². The van der Waals surface area contributed by atoms with Crippen molar-refractivity contribution in [3.8, 4) is 0 Å². The molecular formula is C17H19N3O5S. The zero-order chi connectivity index (χ0) is 19.3. The molecule has 0 unspecified atom stereocenters. The minimum absolute atomic E-state index is 0.0114. The van der Waals surface area contributed by atoms with E-state index in [1.165, 1.54) is 24.3 Å². The lowest BCUT2D eigenvalue weighted by molar-refractivity contribution is -0.384. The Hall–Kier alpha value is -2.94. The lowest BCUT2D eigenvalue weighted by Gasteiger charge is -2.09. The van der Waals surface area contributed by atoms with Crippen LogP contribution in [0.4, 0.5) is 17.1 Å². The van der Waals surface area contributed by atoms with Gasteiger partial charge in [-0.05, 0) is 42.8 Å². The van der Waals surface area contributed by atoms with Crippen LogP contribution in [0.2, 0.25) is 0 Å². The highest BCUT2D eigenvalue weighted by Gasteiger charge is 2.16. The van der Waals surface area contributed by atoms with E-state index in [1.807, 2.05) is 0 Å². The van der Waals surface area contributed by atoms with Gasteiger partial charge in [0.05, 0.1) is 22.1 Å². The van der Waals surface area contributed by atoms with Gasteiger partial charge in [-0.1, -0.05) is 13.0 Å². The predicted molar refractivity (Wildman–Crippen MR) is 99.1 cm³/mol. The monoisotopic (exact) mass is 377 g/mol. The predicted octanol–water partition coefficient (Wildman–Crippen LogP) is 2.75. The third-order valence-electron chi connectivity index (χ3n) is 3.67. The summed E-state index contributed by atoms with van der Waals surface area (Å²) in [5.41, 5.74) is 1.23. The summed E-state index contributed by atoms with van der Waals surface area (Å²) in [6.07, 6.45) is 0. The Morgan fingerprint density at radius 2 is 1.81 bits per heavy atom. The number of anilines is 2. The number of carbonyl (C=O) groups excluding carboxylic acids is 1. The van der Waals surface area contributed by atoms with Crippen molar-refractivity contribution in [1.29, 1.82) is 0 Å². The highest BCUT2D eigenvalue weighted by Crippen LogP contribution is 2.25. The van der Waals surface area contributed by atoms with Crippen molar-refractivity contribution in [2.75, 3.05) is 22.9 Å². The molecule has 2 aromatic rings. The van der Waals surface area contributed by atoms with Gasteiger partial charge < -0.3 is 10.6 Å². The molecule has 0 aromatic heterocycles. The van der Waals surface area contributed by atoms with E-state index in [-0.39, 0.29) is 28.6 Å². The van der Waals surface area contributed by atoms with E-state index in [2.05, 4.69) is 10.6 Å². The van der Waals surface area contributed by atoms with Crippen LogP contribution in [0.1, 0.15) is 12.5 Å². The number of nitro benzene ring substituents is 1. The Morgan fingerprint density at radius 1 is 1.15 bits per heavy atom. The highest BCUT2D eigenvalue weighted by molar-refractivity contribution is 7.91. The number of nitrogens with zero attached hydrogens (tertiary/aromatic N) is 1. The van der Waals surface area contributed by atoms with Gasteiger partial charge in [0.15, 0.2) is 9.84 Å². The van der Waals surface area contributed by atoms with Crippen LogP contribution in [0, 0.1) is 17.0 Å². The number of aryl methyl sites for hydroxylation is 1. The normalized spacial score (nSPS) is 11.0. The fourth-order valence-corrected chi connectivity index (χ4v) is 3.11. The number of benzene rings is 2. The van der Waals surface area contributed by atoms with E-state index in [9.17, 15) is 23.3 Å². The topological polar surface area (TPSA) is 118 Å². The maximum Gasteiger partial charge on any atom is 0.293 e. The van der Waals surface area contributed by atoms with Crippen LogP contribution in [-0.4, -0.2) is 31.5 Å². The average Bonchev–Trinajstić information content (AvgIpc) is 2.61. The molecule has 26 heavy (non-hydrogen) atoms. The van der Waals surface area contributed by atoms with Gasteiger partial charge >= 0.3 is 0 Å². The van der Waals surface area contributed by atoms with E-state index in [0.717, 1.165) is 5.56 Å². The number of amides is 1. The zero-order valence-corrected chi connectivity index (χ0v) is 15.2. The minimum Gasteiger partial charge on any atom is -0.376 e. The smallest absolute Gasteiger partial charge is 0.293 e. The number of hydrogen-bond acceptors (Lipinski definition) is 6. The molecule has 0 atom stereocenters. The van der Waals surface area contributed by atoms with Gasteiger partial charge in [-0.25, -0.2) is 8.42 Å². The first-order chi connectivity index (χ1) is 12.2. The van der Waals surface area contributed by atoms with Gasteiger partial charge in [0.1, 0.15) is 5.69 Å². The third kappa shape index (κ3) is 4.79. The fourth-order valence-electron chi connectivity index (χ4n) is 2.22. The summed E-state index contributed by atoms with van der Waals surface area (Å²) in [6.45, 7) is 3.17. The molecule has 9 heteroatoms. The maximum atomic E-state index is 12.0. The number of hydrogen-bond donors (Lipinski definition) is 2. The van der Waals surface area contributed by atoms with E-state index in [1.54, 1.807) is 32.0 Å². The first-order valence-electron chi connectivity index (χ1n) is 7.84. The van der Waals surface area contributed by atoms with E-state index < -0.39 is 20.7 Å². The molecule has 0 spiro atoms. The standard InChI is InChI=1S/C17H19N3O5S/c1-3-26(24,25)14-7-5-13(6-8-14)18-11-17(21)19-15-9-4-12(2)10-16(15)20(22)23/h4-10,18H,3,11H2,1-2H3,(H,19,21). The Morgan fingerprint density at radius 3 is 2.38 bits per heavy atom. The summed E-state index contributed by atoms with van der Waals surface area (Å²) < 4.78 is 23.5. The first kappa shape index (κ1) is 19.4. The second-order valence-corrected chi connectivity index (χ2v) is 7.89. The van der Waals surface area contributed by atoms with Crippen molar-refractivity contribution >= 4 is 32.8 Å². The summed E-state index contributed by atoms with van der Waals surface area (Å²) in [6, 6.07) is 10.6. The van der Waals surface area contributed by atoms with E-state index in [0.29, 0.717) is 5.69 Å². The number of sulfone groups is 1. The summed E-state index contributed by atoms with van der Waals surface area (Å²) in [4.78, 5) is 22.7. The number of carbonyl (C=O) groups is 1. The van der Waals surface area contributed by atoms with Gasteiger partial charge in [-0.15, -0.1) is 0 Å². The molecule has 0 heterocycles. The molecule has 0 bridgehead atoms. The van der Waals surface area contributed by atoms with Crippen molar-refractivity contribution in [3.63, 3.8) is 0 Å². The van der Waals surface area contributed by atoms with Gasteiger partial charge in [0.2, 0.25) is 5.91 Å². The van der Waals surface area contributed by atoms with Crippen LogP contribution in [0.25, 0.3) is 0 Å². The second kappa shape index (κ2) is 7.96. The van der Waals surface area contributed by atoms with Crippen molar-refractivity contribution < 1.29 is 18.1 Å². The molecule has 1 amide bonds. The van der Waals surface area contributed by atoms with Crippen LogP contribution >= 0.6 is 0 Å². The molecule has 0 saturated heterocycles. The Labute approximate surface area is 151 Å². The summed E-state index contributed by atoms with van der Waals surface area (Å²) in [7, 11) is -3.27. The molecule has 0 saturated carbocycles. The van der Waals surface area contributed by atoms with Crippen molar-refractivity contribution in [2.24, 2.45) is 0 Å². The Kier molecular flexibility index (Phi) is 5.93. The van der Waals surface area contributed by atoms with Crippen LogP contribution < -0.4 is 10.6 Å². The van der Waals surface area contributed by atoms with Crippen LogP contribution in [0.5, 0.6) is 0 Å². The molecule has 0 aliphatic rings. The summed E-state index contributed by atoms with van der Waals surface area (Å²) in [5, 5.41) is 16.4. The number of nitro groups is 1. The largest absolute Gasteiger partial charge is 0.376 e. The quantitative estimate of drug-likeness (QED) is 0.566. The van der Waals surface area contributed by atoms with E-state index in [4.69, 9.17) is 0 Å². The summed E-state index contributed by atoms with van der Waals surface area (Å²) >= 11 is 0. The molecule has 2 N–H and O–H groups in total. The third-order valence-corrected chi connectivity index (χ3v) is 5.42. The van der Waals surface area contributed by atoms with Gasteiger partial charge in [-0.2, -0.15) is 0 Å². The molecule has 0 aliphatic carbocycles. The number of nitrogens with one attached hydrogen (secondary N) is 2. The number of rotatable bonds is 7. The Balaban J connectivity index is 2.01. The SMILES string of the molecule is CCS(=O)(=O)c1ccc(NCC(=O)Nc2ccc(C)cc2[N+](=O)[O-])cc1. The summed E-state index contributed by atoms with van der Waals surface area (Å²) in [5.74, 6) is -0.445. The lowest BCUT2D eigenvalue weighted by atomic mass is 10.2. The molecule has 8 nitrogen and oxygen atoms in total. The molecule has 2 rings (SSSR count). The molecule has 2 aromatic carbocycles. The molecular weight excluding hydrogens is 358 g/mol. The first-order valence-corrected chi connectivity index (χ1v) is 9.49. The molecule has 0 aliphatic heterocycles. The van der Waals surface area contributed by atoms with Gasteiger partial charge in [0, 0.05) is 11.8 Å². The average molecular weight is 377 g/mol. The molecule has 0 fully saturated rings. The van der Waals surface area contributed by atoms with Crippen molar-refractivity contribution in [2.45, 2.75) is 18.7 Å². The lowest BCUT2D eigenvalue weighted by Crippen LogP contribution is -2.22. The van der Waals surface area contributed by atoms with Gasteiger partial charge in [-0.3, -0.25) is 14.9 Å². The van der Waals surface area contributed by atoms with E-state index >= 15 is 0 Å². The van der Waals surface area contributed by atoms with Crippen LogP contribution in [-0.2, 0) is 14.6 Å². The van der Waals surface area contributed by atoms with Crippen molar-refractivity contribution in [3.05, 3.63) is 58.1 Å². The molecule has 138 valence electrons. The van der Waals surface area contributed by atoms with Gasteiger partial charge in [0.25, 0.3) is 5.69 Å². The van der Waals surface area contributed by atoms with Crippen molar-refractivity contribution in [1.82, 2.24) is 0 Å². The maximum absolute atomic E-state index is 12.0. The Bertz CT molecular complexity index is 924. The fraction of sp³-hybridized carbons (Fsp3) is 0.235. The molecule has 0 radical (unpaired) electrons. The second-order valence-electron chi connectivity index (χ2n) is 5.61. The minimum atomic E-state index is -3.27. The van der Waals surface area contributed by atoms with Crippen LogP contribution in [0.15, 0.2) is 47.4 Å².